The molecule has 0 unspecified atom stereocenters. The Labute approximate surface area is 158 Å². The van der Waals surface area contributed by atoms with Gasteiger partial charge >= 0.3 is 12.1 Å². The summed E-state index contributed by atoms with van der Waals surface area (Å²) >= 11 is 0. The van der Waals surface area contributed by atoms with Gasteiger partial charge in [-0.05, 0) is 34.5 Å². The topological polar surface area (TPSA) is 66.4 Å². The van der Waals surface area contributed by atoms with E-state index in [9.17, 15) is 27.9 Å². The van der Waals surface area contributed by atoms with Crippen molar-refractivity contribution in [1.29, 1.82) is 0 Å². The van der Waals surface area contributed by atoms with Crippen molar-refractivity contribution < 1.29 is 27.9 Å². The van der Waals surface area contributed by atoms with Gasteiger partial charge in [-0.2, -0.15) is 13.2 Å². The van der Waals surface area contributed by atoms with Crippen LogP contribution in [0.5, 0.6) is 0 Å². The zero-order valence-electron chi connectivity index (χ0n) is 14.5. The third-order valence-electron chi connectivity index (χ3n) is 4.36. The lowest BCUT2D eigenvalue weighted by Crippen LogP contribution is -2.42. The normalized spacial score (nSPS) is 12.5. The van der Waals surface area contributed by atoms with Gasteiger partial charge in [0, 0.05) is 12.0 Å². The number of carboxylic acid groups (broad SMARTS) is 1. The number of rotatable bonds is 5. The fourth-order valence-corrected chi connectivity index (χ4v) is 2.97. The molecule has 0 spiro atoms. The Hall–Kier alpha value is -3.35. The van der Waals surface area contributed by atoms with Crippen molar-refractivity contribution in [2.75, 3.05) is 0 Å². The van der Waals surface area contributed by atoms with Crippen LogP contribution in [0, 0.1) is 0 Å². The van der Waals surface area contributed by atoms with Crippen molar-refractivity contribution in [3.63, 3.8) is 0 Å². The van der Waals surface area contributed by atoms with Crippen LogP contribution in [0.2, 0.25) is 0 Å². The second-order valence-corrected chi connectivity index (χ2v) is 6.29. The minimum atomic E-state index is -4.61. The highest BCUT2D eigenvalue weighted by molar-refractivity contribution is 6.00. The predicted molar refractivity (Wildman–Crippen MR) is 98.0 cm³/mol. The van der Waals surface area contributed by atoms with Crippen molar-refractivity contribution in [2.24, 2.45) is 0 Å². The van der Waals surface area contributed by atoms with Gasteiger partial charge in [-0.25, -0.2) is 4.79 Å². The maximum absolute atomic E-state index is 13.1. The first-order chi connectivity index (χ1) is 13.3. The number of fused-ring (bicyclic) bond motifs is 1. The molecule has 0 fully saturated rings. The van der Waals surface area contributed by atoms with E-state index in [0.717, 1.165) is 16.8 Å². The molecule has 2 N–H and O–H groups in total. The Morgan fingerprint density at radius 2 is 1.57 bits per heavy atom. The summed E-state index contributed by atoms with van der Waals surface area (Å²) in [6.45, 7) is 0. The third-order valence-corrected chi connectivity index (χ3v) is 4.36. The zero-order valence-corrected chi connectivity index (χ0v) is 14.5. The van der Waals surface area contributed by atoms with Crippen LogP contribution in [0.1, 0.15) is 21.5 Å². The summed E-state index contributed by atoms with van der Waals surface area (Å²) in [6.07, 6.45) is -5.09. The SMILES string of the molecule is O=C(N[C@H](Cc1ccccc1C(F)(F)F)C(=O)O)c1ccc2ccccc2c1. The first kappa shape index (κ1) is 19.4. The predicted octanol–water partition coefficient (Wildman–Crippen LogP) is 4.28. The number of carbonyl (C=O) groups is 2. The molecule has 0 saturated heterocycles. The van der Waals surface area contributed by atoms with Crippen LogP contribution in [0.25, 0.3) is 10.8 Å². The maximum atomic E-state index is 13.1. The number of carboxylic acids is 1. The molecular formula is C21H16F3NO3. The fraction of sp³-hybridized carbons (Fsp3) is 0.143. The lowest BCUT2D eigenvalue weighted by molar-refractivity contribution is -0.141. The monoisotopic (exact) mass is 387 g/mol. The molecule has 3 aromatic rings. The summed E-state index contributed by atoms with van der Waals surface area (Å²) in [6, 6.07) is 15.4. The van der Waals surface area contributed by atoms with Gasteiger partial charge in [-0.15, -0.1) is 0 Å². The Morgan fingerprint density at radius 1 is 0.929 bits per heavy atom. The minimum Gasteiger partial charge on any atom is -0.480 e. The summed E-state index contributed by atoms with van der Waals surface area (Å²) in [5.74, 6) is -2.08. The molecule has 1 atom stereocenters. The number of carbonyl (C=O) groups excluding carboxylic acids is 1. The number of alkyl halides is 3. The second-order valence-electron chi connectivity index (χ2n) is 6.29. The van der Waals surface area contributed by atoms with Gasteiger partial charge in [0.2, 0.25) is 0 Å². The van der Waals surface area contributed by atoms with Gasteiger partial charge in [-0.1, -0.05) is 48.5 Å². The van der Waals surface area contributed by atoms with Crippen molar-refractivity contribution >= 4 is 22.6 Å². The molecule has 28 heavy (non-hydrogen) atoms. The van der Waals surface area contributed by atoms with E-state index in [0.29, 0.717) is 0 Å². The highest BCUT2D eigenvalue weighted by Crippen LogP contribution is 2.32. The highest BCUT2D eigenvalue weighted by Gasteiger charge is 2.34. The molecule has 0 radical (unpaired) electrons. The van der Waals surface area contributed by atoms with E-state index in [4.69, 9.17) is 0 Å². The second kappa shape index (κ2) is 7.72. The van der Waals surface area contributed by atoms with E-state index in [1.807, 2.05) is 12.1 Å². The molecular weight excluding hydrogens is 371 g/mol. The van der Waals surface area contributed by atoms with Gasteiger partial charge in [-0.3, -0.25) is 4.79 Å². The van der Waals surface area contributed by atoms with Crippen LogP contribution in [0.3, 0.4) is 0 Å². The molecule has 3 rings (SSSR count). The van der Waals surface area contributed by atoms with Gasteiger partial charge in [0.05, 0.1) is 5.56 Å². The van der Waals surface area contributed by atoms with E-state index in [-0.39, 0.29) is 11.1 Å². The van der Waals surface area contributed by atoms with Crippen LogP contribution in [0.15, 0.2) is 66.7 Å². The summed E-state index contributed by atoms with van der Waals surface area (Å²) in [5, 5.41) is 13.4. The first-order valence-corrected chi connectivity index (χ1v) is 8.43. The van der Waals surface area contributed by atoms with E-state index >= 15 is 0 Å². The third kappa shape index (κ3) is 4.31. The van der Waals surface area contributed by atoms with E-state index < -0.39 is 36.1 Å². The number of hydrogen-bond donors (Lipinski definition) is 2. The summed E-state index contributed by atoms with van der Waals surface area (Å²) in [5.41, 5.74) is -0.878. The molecule has 3 aromatic carbocycles. The smallest absolute Gasteiger partial charge is 0.416 e. The number of nitrogens with one attached hydrogen (secondary N) is 1. The van der Waals surface area contributed by atoms with Crippen LogP contribution in [-0.2, 0) is 17.4 Å². The first-order valence-electron chi connectivity index (χ1n) is 8.43. The molecule has 0 bridgehead atoms. The largest absolute Gasteiger partial charge is 0.480 e. The highest BCUT2D eigenvalue weighted by atomic mass is 19.4. The van der Waals surface area contributed by atoms with E-state index in [1.54, 1.807) is 30.3 Å². The summed E-state index contributed by atoms with van der Waals surface area (Å²) in [7, 11) is 0. The Morgan fingerprint density at radius 3 is 2.25 bits per heavy atom. The average Bonchev–Trinajstić information content (AvgIpc) is 2.66. The Kier molecular flexibility index (Phi) is 5.35. The fourth-order valence-electron chi connectivity index (χ4n) is 2.97. The van der Waals surface area contributed by atoms with Crippen LogP contribution < -0.4 is 5.32 Å². The Balaban J connectivity index is 1.83. The number of hydrogen-bond acceptors (Lipinski definition) is 2. The quantitative estimate of drug-likeness (QED) is 0.687. The molecule has 0 heterocycles. The van der Waals surface area contributed by atoms with Crippen LogP contribution in [0.4, 0.5) is 13.2 Å². The Bertz CT molecular complexity index is 1030. The van der Waals surface area contributed by atoms with Crippen molar-refractivity contribution in [3.8, 4) is 0 Å². The van der Waals surface area contributed by atoms with Crippen LogP contribution >= 0.6 is 0 Å². The molecule has 1 amide bonds. The molecule has 4 nitrogen and oxygen atoms in total. The van der Waals surface area contributed by atoms with Gasteiger partial charge in [0.15, 0.2) is 0 Å². The summed E-state index contributed by atoms with van der Waals surface area (Å²) < 4.78 is 39.4. The molecule has 0 aromatic heterocycles. The maximum Gasteiger partial charge on any atom is 0.416 e. The lowest BCUT2D eigenvalue weighted by Gasteiger charge is -2.18. The number of benzene rings is 3. The molecule has 0 aliphatic carbocycles. The van der Waals surface area contributed by atoms with E-state index in [1.165, 1.54) is 18.2 Å². The van der Waals surface area contributed by atoms with Gasteiger partial charge in [0.25, 0.3) is 5.91 Å². The minimum absolute atomic E-state index is 0.193. The molecule has 0 aliphatic rings. The van der Waals surface area contributed by atoms with Gasteiger partial charge < -0.3 is 10.4 Å². The zero-order chi connectivity index (χ0) is 20.3. The van der Waals surface area contributed by atoms with Gasteiger partial charge in [0.1, 0.15) is 6.04 Å². The standard InChI is InChI=1S/C21H16F3NO3/c22-21(23,24)17-8-4-3-7-15(17)12-18(20(27)28)25-19(26)16-10-9-13-5-1-2-6-14(13)11-16/h1-11,18H,12H2,(H,25,26)(H,27,28)/t18-/m1/s1. The average molecular weight is 387 g/mol. The molecule has 0 aliphatic heterocycles. The number of halogens is 3. The number of aliphatic carboxylic acids is 1. The van der Waals surface area contributed by atoms with Crippen molar-refractivity contribution in [2.45, 2.75) is 18.6 Å². The summed E-state index contributed by atoms with van der Waals surface area (Å²) in [4.78, 5) is 24.0. The molecule has 144 valence electrons. The molecule has 0 saturated carbocycles. The van der Waals surface area contributed by atoms with E-state index in [2.05, 4.69) is 5.32 Å². The van der Waals surface area contributed by atoms with Crippen molar-refractivity contribution in [1.82, 2.24) is 5.32 Å². The van der Waals surface area contributed by atoms with Crippen LogP contribution in [-0.4, -0.2) is 23.0 Å². The van der Waals surface area contributed by atoms with Crippen molar-refractivity contribution in [3.05, 3.63) is 83.4 Å². The molecule has 7 heteroatoms. The number of amides is 1. The lowest BCUT2D eigenvalue weighted by atomic mass is 9.99.